The van der Waals surface area contributed by atoms with Crippen LogP contribution in [0.2, 0.25) is 0 Å². The van der Waals surface area contributed by atoms with Crippen molar-refractivity contribution in [3.63, 3.8) is 0 Å². The number of aliphatic hydroxyl groups is 2. The maximum absolute atomic E-state index is 8.94. The molecule has 0 aliphatic carbocycles. The van der Waals surface area contributed by atoms with Gasteiger partial charge in [-0.2, -0.15) is 0 Å². The molecule has 5 nitrogen and oxygen atoms in total. The molecular weight excluding hydrogens is 146 g/mol. The van der Waals surface area contributed by atoms with Crippen molar-refractivity contribution in [2.24, 2.45) is 11.5 Å². The highest BCUT2D eigenvalue weighted by molar-refractivity contribution is 4.76. The standard InChI is InChI=1S/C6H17N3O2/c1-6(10,11)5(8)4-9-3-2-7/h5,9-11H,2-4,7-8H2,1H3. The molecule has 68 valence electrons. The lowest BCUT2D eigenvalue weighted by Crippen LogP contribution is -2.51. The van der Waals surface area contributed by atoms with E-state index in [2.05, 4.69) is 5.32 Å². The minimum atomic E-state index is -1.82. The summed E-state index contributed by atoms with van der Waals surface area (Å²) < 4.78 is 0. The average molecular weight is 163 g/mol. The molecule has 0 radical (unpaired) electrons. The first-order valence-corrected chi connectivity index (χ1v) is 3.59. The van der Waals surface area contributed by atoms with Gasteiger partial charge in [-0.3, -0.25) is 0 Å². The fraction of sp³-hybridized carbons (Fsp3) is 1.00. The predicted octanol–water partition coefficient (Wildman–Crippen LogP) is -2.44. The van der Waals surface area contributed by atoms with E-state index in [9.17, 15) is 0 Å². The van der Waals surface area contributed by atoms with Crippen molar-refractivity contribution in [1.29, 1.82) is 0 Å². The first-order valence-electron chi connectivity index (χ1n) is 3.59. The molecule has 0 bridgehead atoms. The van der Waals surface area contributed by atoms with Crippen LogP contribution in [0.15, 0.2) is 0 Å². The molecular formula is C6H17N3O2. The Morgan fingerprint density at radius 2 is 2.09 bits per heavy atom. The fourth-order valence-electron chi connectivity index (χ4n) is 0.553. The van der Waals surface area contributed by atoms with Gasteiger partial charge in [0.25, 0.3) is 0 Å². The Morgan fingerprint density at radius 1 is 1.55 bits per heavy atom. The Kier molecular flexibility index (Phi) is 4.55. The van der Waals surface area contributed by atoms with Gasteiger partial charge in [0.05, 0.1) is 6.04 Å². The zero-order chi connectivity index (χ0) is 8.91. The lowest BCUT2D eigenvalue weighted by molar-refractivity contribution is -0.159. The molecule has 0 fully saturated rings. The quantitative estimate of drug-likeness (QED) is 0.229. The molecule has 0 aromatic carbocycles. The van der Waals surface area contributed by atoms with Crippen LogP contribution >= 0.6 is 0 Å². The number of nitrogens with two attached hydrogens (primary N) is 2. The second kappa shape index (κ2) is 4.63. The number of hydrogen-bond acceptors (Lipinski definition) is 5. The molecule has 11 heavy (non-hydrogen) atoms. The van der Waals surface area contributed by atoms with Gasteiger partial charge in [0.15, 0.2) is 5.79 Å². The molecule has 1 unspecified atom stereocenters. The molecule has 0 saturated heterocycles. The van der Waals surface area contributed by atoms with E-state index in [4.69, 9.17) is 21.7 Å². The molecule has 0 aromatic rings. The maximum Gasteiger partial charge on any atom is 0.176 e. The second-order valence-electron chi connectivity index (χ2n) is 2.69. The Bertz CT molecular complexity index is 102. The van der Waals surface area contributed by atoms with Crippen molar-refractivity contribution in [2.75, 3.05) is 19.6 Å². The lowest BCUT2D eigenvalue weighted by Gasteiger charge is -2.24. The van der Waals surface area contributed by atoms with Gasteiger partial charge in [-0.25, -0.2) is 0 Å². The number of rotatable bonds is 5. The smallest absolute Gasteiger partial charge is 0.176 e. The van der Waals surface area contributed by atoms with Gasteiger partial charge in [0, 0.05) is 19.6 Å². The number of nitrogens with one attached hydrogen (secondary N) is 1. The van der Waals surface area contributed by atoms with E-state index in [0.29, 0.717) is 19.6 Å². The summed E-state index contributed by atoms with van der Waals surface area (Å²) in [5.41, 5.74) is 10.6. The zero-order valence-corrected chi connectivity index (χ0v) is 6.75. The Balaban J connectivity index is 3.44. The van der Waals surface area contributed by atoms with Crippen LogP contribution in [0, 0.1) is 0 Å². The maximum atomic E-state index is 8.94. The Labute approximate surface area is 66.4 Å². The van der Waals surface area contributed by atoms with Gasteiger partial charge >= 0.3 is 0 Å². The van der Waals surface area contributed by atoms with E-state index in [-0.39, 0.29) is 0 Å². The first kappa shape index (κ1) is 10.8. The Morgan fingerprint density at radius 3 is 2.45 bits per heavy atom. The zero-order valence-electron chi connectivity index (χ0n) is 6.75. The molecule has 0 aromatic heterocycles. The van der Waals surface area contributed by atoms with Gasteiger partial charge in [0.1, 0.15) is 0 Å². The summed E-state index contributed by atoms with van der Waals surface area (Å²) in [6, 6.07) is -0.686. The van der Waals surface area contributed by atoms with Gasteiger partial charge in [-0.15, -0.1) is 0 Å². The topological polar surface area (TPSA) is 105 Å². The van der Waals surface area contributed by atoms with E-state index >= 15 is 0 Å². The van der Waals surface area contributed by atoms with E-state index in [1.807, 2.05) is 0 Å². The monoisotopic (exact) mass is 163 g/mol. The van der Waals surface area contributed by atoms with E-state index in [1.165, 1.54) is 6.92 Å². The highest BCUT2D eigenvalue weighted by Gasteiger charge is 2.24. The summed E-state index contributed by atoms with van der Waals surface area (Å²) in [4.78, 5) is 0. The molecule has 0 amide bonds. The molecule has 1 atom stereocenters. The normalized spacial score (nSPS) is 15.0. The van der Waals surface area contributed by atoms with Crippen LogP contribution in [0.5, 0.6) is 0 Å². The van der Waals surface area contributed by atoms with E-state index < -0.39 is 11.8 Å². The van der Waals surface area contributed by atoms with Gasteiger partial charge in [0.2, 0.25) is 0 Å². The van der Waals surface area contributed by atoms with Crippen molar-refractivity contribution < 1.29 is 10.2 Å². The fourth-order valence-corrected chi connectivity index (χ4v) is 0.553. The van der Waals surface area contributed by atoms with Crippen molar-refractivity contribution >= 4 is 0 Å². The summed E-state index contributed by atoms with van der Waals surface area (Å²) in [5.74, 6) is -1.82. The van der Waals surface area contributed by atoms with E-state index in [0.717, 1.165) is 0 Å². The summed E-state index contributed by atoms with van der Waals surface area (Å²) >= 11 is 0. The summed E-state index contributed by atoms with van der Waals surface area (Å²) in [7, 11) is 0. The third-order valence-corrected chi connectivity index (χ3v) is 1.39. The highest BCUT2D eigenvalue weighted by Crippen LogP contribution is 2.00. The van der Waals surface area contributed by atoms with Gasteiger partial charge in [-0.1, -0.05) is 0 Å². The largest absolute Gasteiger partial charge is 0.365 e. The molecule has 0 rings (SSSR count). The first-order chi connectivity index (χ1) is 4.98. The summed E-state index contributed by atoms with van der Waals surface area (Å²) in [6.07, 6.45) is 0. The molecule has 5 heteroatoms. The van der Waals surface area contributed by atoms with Crippen molar-refractivity contribution in [1.82, 2.24) is 5.32 Å². The van der Waals surface area contributed by atoms with Crippen LogP contribution in [0.3, 0.4) is 0 Å². The molecule has 0 spiro atoms. The predicted molar refractivity (Wildman–Crippen MR) is 42.7 cm³/mol. The molecule has 0 aliphatic heterocycles. The van der Waals surface area contributed by atoms with Crippen molar-refractivity contribution in [3.05, 3.63) is 0 Å². The molecule has 0 heterocycles. The summed E-state index contributed by atoms with van der Waals surface area (Å²) in [6.45, 7) is 2.74. The minimum Gasteiger partial charge on any atom is -0.365 e. The molecule has 0 aliphatic rings. The highest BCUT2D eigenvalue weighted by atomic mass is 16.5. The van der Waals surface area contributed by atoms with Crippen LogP contribution in [-0.2, 0) is 0 Å². The third kappa shape index (κ3) is 5.11. The summed E-state index contributed by atoms with van der Waals surface area (Å²) in [5, 5.41) is 20.8. The van der Waals surface area contributed by atoms with Crippen molar-refractivity contribution in [3.8, 4) is 0 Å². The SMILES string of the molecule is CC(O)(O)C(N)CNCCN. The lowest BCUT2D eigenvalue weighted by atomic mass is 10.1. The van der Waals surface area contributed by atoms with Gasteiger partial charge in [-0.05, 0) is 6.92 Å². The van der Waals surface area contributed by atoms with Gasteiger partial charge < -0.3 is 27.0 Å². The Hall–Kier alpha value is -0.200. The minimum absolute atomic E-state index is 0.348. The van der Waals surface area contributed by atoms with Crippen LogP contribution in [0.1, 0.15) is 6.92 Å². The molecule has 0 saturated carbocycles. The van der Waals surface area contributed by atoms with Crippen LogP contribution in [-0.4, -0.2) is 41.7 Å². The van der Waals surface area contributed by atoms with E-state index in [1.54, 1.807) is 0 Å². The average Bonchev–Trinajstić information content (AvgIpc) is 1.86. The van der Waals surface area contributed by atoms with Crippen LogP contribution in [0.4, 0.5) is 0 Å². The second-order valence-corrected chi connectivity index (χ2v) is 2.69. The number of hydrogen-bond donors (Lipinski definition) is 5. The molecule has 7 N–H and O–H groups in total. The third-order valence-electron chi connectivity index (χ3n) is 1.39. The van der Waals surface area contributed by atoms with Crippen LogP contribution < -0.4 is 16.8 Å². The van der Waals surface area contributed by atoms with Crippen LogP contribution in [0.25, 0.3) is 0 Å². The van der Waals surface area contributed by atoms with Crippen molar-refractivity contribution in [2.45, 2.75) is 18.8 Å².